The molecule has 2 fully saturated rings. The fourth-order valence-electron chi connectivity index (χ4n) is 3.78. The van der Waals surface area contributed by atoms with Gasteiger partial charge in [-0.3, -0.25) is 0 Å². The first-order valence-corrected chi connectivity index (χ1v) is 11.4. The number of benzene rings is 1. The van der Waals surface area contributed by atoms with Gasteiger partial charge >= 0.3 is 6.09 Å². The number of piperazine rings is 1. The zero-order valence-electron chi connectivity index (χ0n) is 18.9. The molecule has 4 rings (SSSR count). The van der Waals surface area contributed by atoms with Crippen LogP contribution < -0.4 is 9.80 Å². The van der Waals surface area contributed by atoms with Crippen molar-refractivity contribution in [1.29, 1.82) is 0 Å². The van der Waals surface area contributed by atoms with E-state index in [1.54, 1.807) is 4.90 Å². The molecule has 0 N–H and O–H groups in total. The highest BCUT2D eigenvalue weighted by Gasteiger charge is 2.27. The molecule has 1 aromatic heterocycles. The summed E-state index contributed by atoms with van der Waals surface area (Å²) in [5, 5.41) is 0.684. The molecule has 2 aromatic rings. The van der Waals surface area contributed by atoms with Crippen LogP contribution in [0.2, 0.25) is 5.02 Å². The molecule has 8 nitrogen and oxygen atoms in total. The highest BCUT2D eigenvalue weighted by atomic mass is 35.5. The van der Waals surface area contributed by atoms with Crippen LogP contribution in [-0.4, -0.2) is 79.0 Å². The van der Waals surface area contributed by atoms with E-state index >= 15 is 0 Å². The van der Waals surface area contributed by atoms with E-state index in [-0.39, 0.29) is 6.09 Å². The van der Waals surface area contributed by atoms with Crippen molar-refractivity contribution in [3.63, 3.8) is 0 Å². The summed E-state index contributed by atoms with van der Waals surface area (Å²) < 4.78 is 11.0. The van der Waals surface area contributed by atoms with E-state index in [9.17, 15) is 4.79 Å². The van der Waals surface area contributed by atoms with E-state index in [1.165, 1.54) is 0 Å². The standard InChI is InChI=1S/C23H30ClN5O3/c1-23(2,3)32-22(30)29-10-8-27(9-11-29)19-16-25-21(28-12-14-31-15-13-28)20(26-19)17-4-6-18(24)7-5-17/h4-7,16H,8-15H2,1-3H3. The summed E-state index contributed by atoms with van der Waals surface area (Å²) in [4.78, 5) is 28.3. The fraction of sp³-hybridized carbons (Fsp3) is 0.522. The van der Waals surface area contributed by atoms with Crippen molar-refractivity contribution in [2.75, 3.05) is 62.3 Å². The minimum absolute atomic E-state index is 0.271. The van der Waals surface area contributed by atoms with Gasteiger partial charge in [-0.05, 0) is 32.9 Å². The normalized spacial score (nSPS) is 17.4. The Kier molecular flexibility index (Phi) is 6.71. The molecule has 2 saturated heterocycles. The minimum atomic E-state index is -0.498. The largest absolute Gasteiger partial charge is 0.444 e. The Hall–Kier alpha value is -2.58. The number of aromatic nitrogens is 2. The van der Waals surface area contributed by atoms with Crippen LogP contribution in [0.25, 0.3) is 11.3 Å². The number of rotatable bonds is 3. The van der Waals surface area contributed by atoms with Gasteiger partial charge in [0.2, 0.25) is 0 Å². The molecule has 0 bridgehead atoms. The van der Waals surface area contributed by atoms with Gasteiger partial charge in [-0.1, -0.05) is 23.7 Å². The van der Waals surface area contributed by atoms with E-state index in [0.717, 1.165) is 36.0 Å². The quantitative estimate of drug-likeness (QED) is 0.693. The Bertz CT molecular complexity index is 934. The Morgan fingerprint density at radius 2 is 1.66 bits per heavy atom. The Labute approximate surface area is 194 Å². The van der Waals surface area contributed by atoms with Gasteiger partial charge in [-0.25, -0.2) is 14.8 Å². The van der Waals surface area contributed by atoms with E-state index in [4.69, 9.17) is 31.0 Å². The highest BCUT2D eigenvalue weighted by molar-refractivity contribution is 6.30. The predicted molar refractivity (Wildman–Crippen MR) is 126 cm³/mol. The number of carbonyl (C=O) groups excluding carboxylic acids is 1. The molecule has 172 valence electrons. The lowest BCUT2D eigenvalue weighted by molar-refractivity contribution is 0.0240. The maximum atomic E-state index is 12.4. The molecule has 1 amide bonds. The number of morpholine rings is 1. The Morgan fingerprint density at radius 1 is 1.00 bits per heavy atom. The molecule has 2 aliphatic heterocycles. The van der Waals surface area contributed by atoms with Crippen molar-refractivity contribution in [2.45, 2.75) is 26.4 Å². The summed E-state index contributed by atoms with van der Waals surface area (Å²) in [6.07, 6.45) is 1.56. The lowest BCUT2D eigenvalue weighted by atomic mass is 10.1. The van der Waals surface area contributed by atoms with Gasteiger partial charge in [0, 0.05) is 49.9 Å². The molecule has 9 heteroatoms. The van der Waals surface area contributed by atoms with Crippen molar-refractivity contribution in [3.05, 3.63) is 35.5 Å². The van der Waals surface area contributed by atoms with E-state index in [0.29, 0.717) is 44.4 Å². The van der Waals surface area contributed by atoms with Gasteiger partial charge in [0.1, 0.15) is 17.1 Å². The number of hydrogen-bond acceptors (Lipinski definition) is 7. The smallest absolute Gasteiger partial charge is 0.410 e. The summed E-state index contributed by atoms with van der Waals surface area (Å²) in [5.41, 5.74) is 1.30. The van der Waals surface area contributed by atoms with Gasteiger partial charge in [-0.2, -0.15) is 0 Å². The monoisotopic (exact) mass is 459 g/mol. The summed E-state index contributed by atoms with van der Waals surface area (Å²) >= 11 is 6.11. The third-order valence-corrected chi connectivity index (χ3v) is 5.68. The van der Waals surface area contributed by atoms with Crippen LogP contribution in [0.5, 0.6) is 0 Å². The maximum absolute atomic E-state index is 12.4. The average molecular weight is 460 g/mol. The topological polar surface area (TPSA) is 71.0 Å². The van der Waals surface area contributed by atoms with Gasteiger partial charge in [0.05, 0.1) is 19.4 Å². The molecule has 0 aliphatic carbocycles. The SMILES string of the molecule is CC(C)(C)OC(=O)N1CCN(c2cnc(N3CCOCC3)c(-c3ccc(Cl)cc3)n2)CC1. The second-order valence-corrected chi connectivity index (χ2v) is 9.40. The predicted octanol–water partition coefficient (Wildman–Crippen LogP) is 3.69. The summed E-state index contributed by atoms with van der Waals surface area (Å²) in [7, 11) is 0. The van der Waals surface area contributed by atoms with Crippen LogP contribution in [-0.2, 0) is 9.47 Å². The number of hydrogen-bond donors (Lipinski definition) is 0. The molecule has 0 unspecified atom stereocenters. The summed E-state index contributed by atoms with van der Waals surface area (Å²) in [5.74, 6) is 1.66. The van der Waals surface area contributed by atoms with E-state index in [1.807, 2.05) is 51.2 Å². The van der Waals surface area contributed by atoms with Crippen molar-refractivity contribution in [1.82, 2.24) is 14.9 Å². The first-order valence-electron chi connectivity index (χ1n) is 11.0. The summed E-state index contributed by atoms with van der Waals surface area (Å²) in [6, 6.07) is 7.68. The molecule has 0 saturated carbocycles. The molecular weight excluding hydrogens is 430 g/mol. The zero-order chi connectivity index (χ0) is 22.7. The lowest BCUT2D eigenvalue weighted by Gasteiger charge is -2.36. The second-order valence-electron chi connectivity index (χ2n) is 8.96. The number of carbonyl (C=O) groups is 1. The number of ether oxygens (including phenoxy) is 2. The minimum Gasteiger partial charge on any atom is -0.444 e. The molecule has 2 aliphatic rings. The van der Waals surface area contributed by atoms with E-state index < -0.39 is 5.60 Å². The van der Waals surface area contributed by atoms with Crippen LogP contribution in [0.4, 0.5) is 16.4 Å². The first-order chi connectivity index (χ1) is 15.3. The molecular formula is C23H30ClN5O3. The molecule has 0 spiro atoms. The molecule has 0 radical (unpaired) electrons. The number of anilines is 2. The lowest BCUT2D eigenvalue weighted by Crippen LogP contribution is -2.50. The van der Waals surface area contributed by atoms with Crippen molar-refractivity contribution in [2.24, 2.45) is 0 Å². The maximum Gasteiger partial charge on any atom is 0.410 e. The fourth-order valence-corrected chi connectivity index (χ4v) is 3.90. The van der Waals surface area contributed by atoms with Crippen LogP contribution in [0.15, 0.2) is 30.5 Å². The Balaban J connectivity index is 1.54. The number of nitrogens with zero attached hydrogens (tertiary/aromatic N) is 5. The zero-order valence-corrected chi connectivity index (χ0v) is 19.6. The molecule has 0 atom stereocenters. The third-order valence-electron chi connectivity index (χ3n) is 5.42. The molecule has 1 aromatic carbocycles. The third kappa shape index (κ3) is 5.42. The number of amides is 1. The molecule has 3 heterocycles. The first kappa shape index (κ1) is 22.6. The van der Waals surface area contributed by atoms with Crippen molar-refractivity contribution >= 4 is 29.3 Å². The number of halogens is 1. The van der Waals surface area contributed by atoms with Crippen molar-refractivity contribution < 1.29 is 14.3 Å². The summed E-state index contributed by atoms with van der Waals surface area (Å²) in [6.45, 7) is 11.1. The van der Waals surface area contributed by atoms with Crippen LogP contribution >= 0.6 is 11.6 Å². The Morgan fingerprint density at radius 3 is 2.28 bits per heavy atom. The molecule has 32 heavy (non-hydrogen) atoms. The van der Waals surface area contributed by atoms with Gasteiger partial charge in [0.25, 0.3) is 0 Å². The van der Waals surface area contributed by atoms with Gasteiger partial charge in [0.15, 0.2) is 5.82 Å². The highest BCUT2D eigenvalue weighted by Crippen LogP contribution is 2.31. The van der Waals surface area contributed by atoms with Crippen LogP contribution in [0, 0.1) is 0 Å². The van der Waals surface area contributed by atoms with Crippen LogP contribution in [0.3, 0.4) is 0 Å². The second kappa shape index (κ2) is 9.50. The van der Waals surface area contributed by atoms with E-state index in [2.05, 4.69) is 9.80 Å². The van der Waals surface area contributed by atoms with Crippen LogP contribution in [0.1, 0.15) is 20.8 Å². The van der Waals surface area contributed by atoms with Crippen molar-refractivity contribution in [3.8, 4) is 11.3 Å². The average Bonchev–Trinajstić information content (AvgIpc) is 2.79. The van der Waals surface area contributed by atoms with Gasteiger partial charge in [-0.15, -0.1) is 0 Å². The van der Waals surface area contributed by atoms with Gasteiger partial charge < -0.3 is 24.2 Å².